The lowest BCUT2D eigenvalue weighted by Gasteiger charge is -2.05. The second-order valence-corrected chi connectivity index (χ2v) is 10.7. The van der Waals surface area contributed by atoms with Crippen molar-refractivity contribution >= 4 is 49.1 Å². The standard InChI is InChI=1S/C16H21N3O4S3/c1-2-26(22,23)7-6-17-13(20)9-24-8-12-18-15(21)14-10-4-3-5-11(10)25-16(14)19-12/h2-9H2,1H3,(H,17,20)(H,18,19,21). The molecule has 0 aliphatic heterocycles. The highest BCUT2D eigenvalue weighted by Crippen LogP contribution is 2.34. The van der Waals surface area contributed by atoms with Crippen LogP contribution in [0.15, 0.2) is 4.79 Å². The van der Waals surface area contributed by atoms with Crippen LogP contribution < -0.4 is 10.9 Å². The number of carbonyl (C=O) groups excluding carboxylic acids is 1. The summed E-state index contributed by atoms with van der Waals surface area (Å²) >= 11 is 2.93. The second-order valence-electron chi connectivity index (χ2n) is 6.13. The van der Waals surface area contributed by atoms with Crippen LogP contribution >= 0.6 is 23.1 Å². The normalized spacial score (nSPS) is 13.9. The maximum absolute atomic E-state index is 12.3. The molecule has 142 valence electrons. The van der Waals surface area contributed by atoms with E-state index in [9.17, 15) is 18.0 Å². The number of sulfone groups is 1. The third kappa shape index (κ3) is 4.47. The van der Waals surface area contributed by atoms with Crippen molar-refractivity contribution in [3.8, 4) is 0 Å². The number of hydrogen-bond donors (Lipinski definition) is 2. The fourth-order valence-electron chi connectivity index (χ4n) is 2.90. The molecule has 3 rings (SSSR count). The first-order valence-electron chi connectivity index (χ1n) is 8.48. The van der Waals surface area contributed by atoms with Crippen LogP contribution in [0.1, 0.15) is 29.6 Å². The molecule has 1 aliphatic carbocycles. The fraction of sp³-hybridized carbons (Fsp3) is 0.562. The van der Waals surface area contributed by atoms with Crippen molar-refractivity contribution < 1.29 is 13.2 Å². The first kappa shape index (κ1) is 19.4. The summed E-state index contributed by atoms with van der Waals surface area (Å²) in [4.78, 5) is 33.5. The number of amides is 1. The van der Waals surface area contributed by atoms with Gasteiger partial charge in [0.1, 0.15) is 10.7 Å². The number of H-pyrrole nitrogens is 1. The van der Waals surface area contributed by atoms with Crippen LogP contribution in [0.3, 0.4) is 0 Å². The van der Waals surface area contributed by atoms with E-state index >= 15 is 0 Å². The predicted molar refractivity (Wildman–Crippen MR) is 106 cm³/mol. The highest BCUT2D eigenvalue weighted by molar-refractivity contribution is 7.99. The molecule has 7 nitrogen and oxygen atoms in total. The molecular formula is C16H21N3O4S3. The molecular weight excluding hydrogens is 394 g/mol. The van der Waals surface area contributed by atoms with Gasteiger partial charge < -0.3 is 10.3 Å². The number of thioether (sulfide) groups is 1. The maximum atomic E-state index is 12.3. The summed E-state index contributed by atoms with van der Waals surface area (Å²) in [6.45, 7) is 1.71. The molecule has 2 aromatic rings. The molecule has 0 atom stereocenters. The Kier molecular flexibility index (Phi) is 6.03. The molecule has 2 N–H and O–H groups in total. The third-order valence-electron chi connectivity index (χ3n) is 4.27. The van der Waals surface area contributed by atoms with Gasteiger partial charge in [-0.05, 0) is 24.8 Å². The van der Waals surface area contributed by atoms with E-state index in [0.717, 1.165) is 35.0 Å². The van der Waals surface area contributed by atoms with Gasteiger partial charge >= 0.3 is 0 Å². The maximum Gasteiger partial charge on any atom is 0.259 e. The van der Waals surface area contributed by atoms with E-state index in [1.54, 1.807) is 18.3 Å². The number of hydrogen-bond acceptors (Lipinski definition) is 7. The van der Waals surface area contributed by atoms with E-state index in [1.165, 1.54) is 16.6 Å². The van der Waals surface area contributed by atoms with Crippen LogP contribution in [0.5, 0.6) is 0 Å². The molecule has 0 bridgehead atoms. The Bertz CT molecular complexity index is 979. The predicted octanol–water partition coefficient (Wildman–Crippen LogP) is 1.26. The summed E-state index contributed by atoms with van der Waals surface area (Å²) in [5.41, 5.74) is 1.05. The minimum atomic E-state index is -3.07. The van der Waals surface area contributed by atoms with E-state index in [0.29, 0.717) is 11.6 Å². The van der Waals surface area contributed by atoms with Gasteiger partial charge in [-0.15, -0.1) is 23.1 Å². The van der Waals surface area contributed by atoms with Crippen molar-refractivity contribution in [3.05, 3.63) is 26.6 Å². The lowest BCUT2D eigenvalue weighted by atomic mass is 10.2. The molecule has 1 aliphatic rings. The second kappa shape index (κ2) is 8.10. The lowest BCUT2D eigenvalue weighted by Crippen LogP contribution is -2.30. The SMILES string of the molecule is CCS(=O)(=O)CCNC(=O)CSCc1nc2sc3c(c2c(=O)[nH]1)CCC3. The van der Waals surface area contributed by atoms with Crippen LogP contribution in [0.2, 0.25) is 0 Å². The molecule has 0 spiro atoms. The Morgan fingerprint density at radius 3 is 2.96 bits per heavy atom. The van der Waals surface area contributed by atoms with E-state index in [4.69, 9.17) is 0 Å². The molecule has 0 radical (unpaired) electrons. The zero-order valence-corrected chi connectivity index (χ0v) is 16.9. The number of aromatic nitrogens is 2. The minimum Gasteiger partial charge on any atom is -0.354 e. The lowest BCUT2D eigenvalue weighted by molar-refractivity contribution is -0.118. The van der Waals surface area contributed by atoms with Crippen molar-refractivity contribution in [2.24, 2.45) is 0 Å². The van der Waals surface area contributed by atoms with Gasteiger partial charge in [0, 0.05) is 17.2 Å². The molecule has 2 aromatic heterocycles. The molecule has 26 heavy (non-hydrogen) atoms. The van der Waals surface area contributed by atoms with Gasteiger partial charge in [-0.1, -0.05) is 6.92 Å². The van der Waals surface area contributed by atoms with Gasteiger partial charge in [-0.2, -0.15) is 0 Å². The topological polar surface area (TPSA) is 109 Å². The molecule has 0 saturated carbocycles. The summed E-state index contributed by atoms with van der Waals surface area (Å²) in [6.07, 6.45) is 3.07. The Hall–Kier alpha value is -1.39. The molecule has 0 unspecified atom stereocenters. The smallest absolute Gasteiger partial charge is 0.259 e. The summed E-state index contributed by atoms with van der Waals surface area (Å²) in [6, 6.07) is 0. The van der Waals surface area contributed by atoms with Gasteiger partial charge in [0.25, 0.3) is 5.56 Å². The van der Waals surface area contributed by atoms with Crippen molar-refractivity contribution in [2.45, 2.75) is 31.9 Å². The Morgan fingerprint density at radius 1 is 1.38 bits per heavy atom. The minimum absolute atomic E-state index is 0.0471. The average Bonchev–Trinajstić information content (AvgIpc) is 3.15. The number of aryl methyl sites for hydroxylation is 2. The fourth-order valence-corrected chi connectivity index (χ4v) is 5.60. The van der Waals surface area contributed by atoms with Gasteiger partial charge in [-0.25, -0.2) is 13.4 Å². The zero-order chi connectivity index (χ0) is 18.7. The summed E-state index contributed by atoms with van der Waals surface area (Å²) in [5, 5.41) is 3.33. The van der Waals surface area contributed by atoms with Crippen molar-refractivity contribution in [3.63, 3.8) is 0 Å². The Morgan fingerprint density at radius 2 is 2.19 bits per heavy atom. The molecule has 0 saturated heterocycles. The Labute approximate surface area is 159 Å². The average molecular weight is 416 g/mol. The summed E-state index contributed by atoms with van der Waals surface area (Å²) in [7, 11) is -3.07. The van der Waals surface area contributed by atoms with Crippen molar-refractivity contribution in [1.29, 1.82) is 0 Å². The quantitative estimate of drug-likeness (QED) is 0.672. The van der Waals surface area contributed by atoms with Crippen molar-refractivity contribution in [2.75, 3.05) is 23.8 Å². The van der Waals surface area contributed by atoms with Crippen LogP contribution in [0.25, 0.3) is 10.2 Å². The summed E-state index contributed by atoms with van der Waals surface area (Å²) < 4.78 is 22.7. The van der Waals surface area contributed by atoms with Crippen LogP contribution in [0.4, 0.5) is 0 Å². The molecule has 10 heteroatoms. The zero-order valence-electron chi connectivity index (χ0n) is 14.5. The number of fused-ring (bicyclic) bond motifs is 3. The molecule has 1 amide bonds. The third-order valence-corrected chi connectivity index (χ3v) is 8.11. The molecule has 0 aromatic carbocycles. The number of thiophene rings is 1. The van der Waals surface area contributed by atoms with Gasteiger partial charge in [0.2, 0.25) is 5.91 Å². The van der Waals surface area contributed by atoms with Crippen molar-refractivity contribution in [1.82, 2.24) is 15.3 Å². The first-order chi connectivity index (χ1) is 12.4. The van der Waals surface area contributed by atoms with E-state index in [1.807, 2.05) is 0 Å². The number of carbonyl (C=O) groups is 1. The number of aromatic amines is 1. The first-order valence-corrected chi connectivity index (χ1v) is 12.3. The Balaban J connectivity index is 1.52. The van der Waals surface area contributed by atoms with Gasteiger partial charge in [0.15, 0.2) is 9.84 Å². The number of rotatable bonds is 8. The van der Waals surface area contributed by atoms with E-state index in [2.05, 4.69) is 15.3 Å². The largest absolute Gasteiger partial charge is 0.354 e. The highest BCUT2D eigenvalue weighted by Gasteiger charge is 2.21. The van der Waals surface area contributed by atoms with Crippen LogP contribution in [-0.2, 0) is 33.2 Å². The van der Waals surface area contributed by atoms with Gasteiger partial charge in [0.05, 0.1) is 22.6 Å². The highest BCUT2D eigenvalue weighted by atomic mass is 32.2. The number of nitrogens with one attached hydrogen (secondary N) is 2. The summed E-state index contributed by atoms with van der Waals surface area (Å²) in [5.74, 6) is 0.983. The molecule has 0 fully saturated rings. The van der Waals surface area contributed by atoms with Crippen LogP contribution in [0, 0.1) is 0 Å². The van der Waals surface area contributed by atoms with Gasteiger partial charge in [-0.3, -0.25) is 9.59 Å². The van der Waals surface area contributed by atoms with E-state index < -0.39 is 9.84 Å². The number of nitrogens with zero attached hydrogens (tertiary/aromatic N) is 1. The van der Waals surface area contributed by atoms with Crippen LogP contribution in [-0.4, -0.2) is 48.1 Å². The van der Waals surface area contributed by atoms with E-state index in [-0.39, 0.29) is 35.3 Å². The monoisotopic (exact) mass is 415 g/mol. The molecule has 2 heterocycles.